The van der Waals surface area contributed by atoms with Crippen LogP contribution in [-0.2, 0) is 4.74 Å². The Balaban J connectivity index is 2.46. The molecule has 94 valence electrons. The van der Waals surface area contributed by atoms with Crippen molar-refractivity contribution >= 4 is 17.3 Å². The largest absolute Gasteiger partial charge is 0.383 e. The number of rotatable bonds is 5. The Morgan fingerprint density at radius 3 is 2.76 bits per heavy atom. The Morgan fingerprint density at radius 2 is 2.12 bits per heavy atom. The van der Waals surface area contributed by atoms with E-state index in [0.717, 1.165) is 6.54 Å². The van der Waals surface area contributed by atoms with E-state index < -0.39 is 0 Å². The smallest absolute Gasteiger partial charge is 0.166 e. The highest BCUT2D eigenvalue weighted by atomic mass is 32.1. The van der Waals surface area contributed by atoms with E-state index >= 15 is 0 Å². The van der Waals surface area contributed by atoms with Crippen LogP contribution in [0.3, 0.4) is 0 Å². The highest BCUT2D eigenvalue weighted by Gasteiger charge is 2.08. The topological polar surface area (TPSA) is 33.3 Å². The number of aryl methyl sites for hydroxylation is 1. The molecule has 0 saturated carbocycles. The fourth-order valence-electron chi connectivity index (χ4n) is 1.66. The van der Waals surface area contributed by atoms with Crippen LogP contribution in [0.5, 0.6) is 0 Å². The first kappa shape index (κ1) is 13.9. The van der Waals surface area contributed by atoms with Crippen LogP contribution in [-0.4, -0.2) is 25.4 Å². The van der Waals surface area contributed by atoms with Gasteiger partial charge < -0.3 is 15.4 Å². The van der Waals surface area contributed by atoms with Gasteiger partial charge in [-0.1, -0.05) is 24.3 Å². The second-order valence-corrected chi connectivity index (χ2v) is 4.38. The predicted octanol–water partition coefficient (Wildman–Crippen LogP) is 2.17. The molecule has 4 heteroatoms. The first-order valence-electron chi connectivity index (χ1n) is 5.74. The molecule has 1 aromatic rings. The van der Waals surface area contributed by atoms with Crippen LogP contribution in [0.25, 0.3) is 0 Å². The zero-order valence-corrected chi connectivity index (χ0v) is 11.4. The van der Waals surface area contributed by atoms with Gasteiger partial charge in [-0.15, -0.1) is 0 Å². The lowest BCUT2D eigenvalue weighted by molar-refractivity contribution is 0.204. The summed E-state index contributed by atoms with van der Waals surface area (Å²) in [6.07, 6.45) is 0. The van der Waals surface area contributed by atoms with E-state index in [4.69, 9.17) is 17.0 Å². The summed E-state index contributed by atoms with van der Waals surface area (Å²) in [5.74, 6) is 0. The summed E-state index contributed by atoms with van der Waals surface area (Å²) < 4.78 is 4.95. The number of benzene rings is 1. The average molecular weight is 252 g/mol. The van der Waals surface area contributed by atoms with Crippen LogP contribution in [0.4, 0.5) is 0 Å². The molecule has 0 saturated heterocycles. The second-order valence-electron chi connectivity index (χ2n) is 3.97. The highest BCUT2D eigenvalue weighted by molar-refractivity contribution is 7.80. The standard InChI is InChI=1S/C13H20N2OS/c1-10-6-4-5-7-12(10)11(2)15-13(17)14-8-9-16-3/h4-7,11H,8-9H2,1-3H3,(H2,14,15,17). The number of thiocarbonyl (C=S) groups is 1. The normalized spacial score (nSPS) is 11.9. The van der Waals surface area contributed by atoms with Crippen LogP contribution >= 0.6 is 12.2 Å². The van der Waals surface area contributed by atoms with Crippen LogP contribution in [0.2, 0.25) is 0 Å². The van der Waals surface area contributed by atoms with Crippen molar-refractivity contribution in [3.05, 3.63) is 35.4 Å². The SMILES string of the molecule is COCCNC(=S)NC(C)c1ccccc1C. The van der Waals surface area contributed by atoms with E-state index in [-0.39, 0.29) is 6.04 Å². The van der Waals surface area contributed by atoms with Crippen molar-refractivity contribution < 1.29 is 4.74 Å². The van der Waals surface area contributed by atoms with Crippen LogP contribution in [0.15, 0.2) is 24.3 Å². The lowest BCUT2D eigenvalue weighted by atomic mass is 10.0. The molecule has 0 fully saturated rings. The third-order valence-electron chi connectivity index (χ3n) is 2.59. The fourth-order valence-corrected chi connectivity index (χ4v) is 1.94. The maximum absolute atomic E-state index is 5.21. The summed E-state index contributed by atoms with van der Waals surface area (Å²) in [6.45, 7) is 5.59. The maximum atomic E-state index is 5.21. The Bertz CT molecular complexity index is 368. The molecule has 0 radical (unpaired) electrons. The Kier molecular flexibility index (Phi) is 5.94. The van der Waals surface area contributed by atoms with Gasteiger partial charge in [0.05, 0.1) is 12.6 Å². The van der Waals surface area contributed by atoms with Crippen molar-refractivity contribution in [3.63, 3.8) is 0 Å². The molecular weight excluding hydrogens is 232 g/mol. The van der Waals surface area contributed by atoms with Gasteiger partial charge >= 0.3 is 0 Å². The Hall–Kier alpha value is -1.13. The minimum Gasteiger partial charge on any atom is -0.383 e. The van der Waals surface area contributed by atoms with E-state index in [1.165, 1.54) is 11.1 Å². The zero-order valence-electron chi connectivity index (χ0n) is 10.6. The lowest BCUT2D eigenvalue weighted by Gasteiger charge is -2.18. The van der Waals surface area contributed by atoms with Gasteiger partial charge in [0.25, 0.3) is 0 Å². The van der Waals surface area contributed by atoms with Gasteiger partial charge in [-0.05, 0) is 37.2 Å². The first-order valence-corrected chi connectivity index (χ1v) is 6.14. The number of nitrogens with one attached hydrogen (secondary N) is 2. The van der Waals surface area contributed by atoms with Gasteiger partial charge in [-0.3, -0.25) is 0 Å². The molecule has 0 aliphatic carbocycles. The number of hydrogen-bond acceptors (Lipinski definition) is 2. The fraction of sp³-hybridized carbons (Fsp3) is 0.462. The quantitative estimate of drug-likeness (QED) is 0.621. The molecule has 0 aliphatic rings. The second kappa shape index (κ2) is 7.25. The third kappa shape index (κ3) is 4.71. The summed E-state index contributed by atoms with van der Waals surface area (Å²) >= 11 is 5.21. The van der Waals surface area contributed by atoms with Crippen molar-refractivity contribution in [1.29, 1.82) is 0 Å². The van der Waals surface area contributed by atoms with Crippen LogP contribution < -0.4 is 10.6 Å². The van der Waals surface area contributed by atoms with Crippen molar-refractivity contribution in [2.45, 2.75) is 19.9 Å². The van der Waals surface area contributed by atoms with Gasteiger partial charge in [0.2, 0.25) is 0 Å². The molecule has 0 spiro atoms. The molecule has 0 aromatic heterocycles. The van der Waals surface area contributed by atoms with Crippen LogP contribution in [0, 0.1) is 6.92 Å². The molecule has 1 unspecified atom stereocenters. The zero-order chi connectivity index (χ0) is 12.7. The van der Waals surface area contributed by atoms with Gasteiger partial charge in [-0.25, -0.2) is 0 Å². The first-order chi connectivity index (χ1) is 8.15. The van der Waals surface area contributed by atoms with E-state index in [9.17, 15) is 0 Å². The van der Waals surface area contributed by atoms with Gasteiger partial charge in [0, 0.05) is 13.7 Å². The van der Waals surface area contributed by atoms with E-state index in [0.29, 0.717) is 11.7 Å². The Labute approximate surface area is 109 Å². The minimum atomic E-state index is 0.207. The predicted molar refractivity (Wildman–Crippen MR) is 75.2 cm³/mol. The van der Waals surface area contributed by atoms with E-state index in [1.807, 2.05) is 12.1 Å². The molecule has 1 aromatic carbocycles. The number of methoxy groups -OCH3 is 1. The Morgan fingerprint density at radius 1 is 1.41 bits per heavy atom. The summed E-state index contributed by atoms with van der Waals surface area (Å²) in [6, 6.07) is 8.52. The summed E-state index contributed by atoms with van der Waals surface area (Å²) in [4.78, 5) is 0. The molecule has 0 aliphatic heterocycles. The third-order valence-corrected chi connectivity index (χ3v) is 2.86. The van der Waals surface area contributed by atoms with Crippen LogP contribution in [0.1, 0.15) is 24.1 Å². The maximum Gasteiger partial charge on any atom is 0.166 e. The molecule has 0 bridgehead atoms. The van der Waals surface area contributed by atoms with Gasteiger partial charge in [0.15, 0.2) is 5.11 Å². The molecular formula is C13H20N2OS. The summed E-state index contributed by atoms with van der Waals surface area (Å²) in [5, 5.41) is 7.02. The molecule has 3 nitrogen and oxygen atoms in total. The van der Waals surface area contributed by atoms with E-state index in [2.05, 4.69) is 36.6 Å². The minimum absolute atomic E-state index is 0.207. The molecule has 0 amide bonds. The molecule has 1 rings (SSSR count). The highest BCUT2D eigenvalue weighted by Crippen LogP contribution is 2.16. The average Bonchev–Trinajstić information content (AvgIpc) is 2.29. The monoisotopic (exact) mass is 252 g/mol. The molecule has 0 heterocycles. The molecule has 2 N–H and O–H groups in total. The van der Waals surface area contributed by atoms with Crippen molar-refractivity contribution in [2.75, 3.05) is 20.3 Å². The lowest BCUT2D eigenvalue weighted by Crippen LogP contribution is -2.38. The number of hydrogen-bond donors (Lipinski definition) is 2. The van der Waals surface area contributed by atoms with E-state index in [1.54, 1.807) is 7.11 Å². The van der Waals surface area contributed by atoms with Crippen molar-refractivity contribution in [3.8, 4) is 0 Å². The van der Waals surface area contributed by atoms with Gasteiger partial charge in [-0.2, -0.15) is 0 Å². The van der Waals surface area contributed by atoms with Crippen molar-refractivity contribution in [2.24, 2.45) is 0 Å². The molecule has 1 atom stereocenters. The van der Waals surface area contributed by atoms with Crippen molar-refractivity contribution in [1.82, 2.24) is 10.6 Å². The summed E-state index contributed by atoms with van der Waals surface area (Å²) in [5.41, 5.74) is 2.54. The summed E-state index contributed by atoms with van der Waals surface area (Å²) in [7, 11) is 1.67. The number of ether oxygens (including phenoxy) is 1. The molecule has 17 heavy (non-hydrogen) atoms. The van der Waals surface area contributed by atoms with Gasteiger partial charge in [0.1, 0.15) is 0 Å².